The van der Waals surface area contributed by atoms with Crippen LogP contribution in [0.1, 0.15) is 23.0 Å². The molecule has 6 heteroatoms. The summed E-state index contributed by atoms with van der Waals surface area (Å²) in [5.41, 5.74) is -0.227. The number of fused-ring (bicyclic) bond motifs is 1. The molecule has 3 nitrogen and oxygen atoms in total. The molecule has 23 heavy (non-hydrogen) atoms. The Labute approximate surface area is 131 Å². The highest BCUT2D eigenvalue weighted by Gasteiger charge is 2.43. The fourth-order valence-electron chi connectivity index (χ4n) is 2.60. The van der Waals surface area contributed by atoms with Gasteiger partial charge in [-0.25, -0.2) is 18.2 Å². The maximum Gasteiger partial charge on any atom is 0.178 e. The predicted molar refractivity (Wildman–Crippen MR) is 78.8 cm³/mol. The highest BCUT2D eigenvalue weighted by molar-refractivity contribution is 5.93. The first-order valence-electron chi connectivity index (χ1n) is 7.08. The average Bonchev–Trinajstić information content (AvgIpc) is 2.94. The molecule has 1 aromatic carbocycles. The Morgan fingerprint density at radius 2 is 1.91 bits per heavy atom. The molecule has 0 atom stereocenters. The predicted octanol–water partition coefficient (Wildman–Crippen LogP) is 3.66. The van der Waals surface area contributed by atoms with Crippen molar-refractivity contribution in [3.8, 4) is 17.0 Å². The summed E-state index contributed by atoms with van der Waals surface area (Å²) in [5.74, 6) is -0.498. The van der Waals surface area contributed by atoms with Gasteiger partial charge in [-0.2, -0.15) is 0 Å². The number of ether oxygens (including phenoxy) is 1. The molecule has 1 aromatic heterocycles. The summed E-state index contributed by atoms with van der Waals surface area (Å²) in [4.78, 5) is 16.0. The summed E-state index contributed by atoms with van der Waals surface area (Å²) in [6.45, 7) is -0.723. The molecule has 0 radical (unpaired) electrons. The molecule has 0 aliphatic carbocycles. The number of hydrogen-bond donors (Lipinski definition) is 0. The first kappa shape index (κ1) is 15.5. The van der Waals surface area contributed by atoms with Crippen molar-refractivity contribution in [2.45, 2.75) is 12.3 Å². The van der Waals surface area contributed by atoms with E-state index in [-0.39, 0.29) is 29.5 Å². The first-order chi connectivity index (χ1) is 11.0. The lowest BCUT2D eigenvalue weighted by molar-refractivity contribution is 0.101. The number of hydrogen-bond acceptors (Lipinski definition) is 3. The Morgan fingerprint density at radius 1 is 1.26 bits per heavy atom. The fourth-order valence-corrected chi connectivity index (χ4v) is 2.60. The molecule has 1 aliphatic rings. The maximum atomic E-state index is 13.5. The van der Waals surface area contributed by atoms with E-state index in [1.54, 1.807) is 0 Å². The van der Waals surface area contributed by atoms with Crippen molar-refractivity contribution in [3.05, 3.63) is 47.4 Å². The zero-order chi connectivity index (χ0) is 16.6. The Hall–Kier alpha value is -2.37. The number of benzene rings is 1. The van der Waals surface area contributed by atoms with Crippen LogP contribution in [-0.2, 0) is 5.41 Å². The van der Waals surface area contributed by atoms with Gasteiger partial charge in [0, 0.05) is 18.1 Å². The number of Topliss-reactive ketones (excluding diaryl/α,β-unsaturated/α-hetero) is 1. The second-order valence-electron chi connectivity index (χ2n) is 5.63. The Bertz CT molecular complexity index is 755. The molecule has 0 N–H and O–H groups in total. The van der Waals surface area contributed by atoms with Gasteiger partial charge in [0.05, 0.1) is 5.41 Å². The number of carbonyl (C=O) groups is 1. The van der Waals surface area contributed by atoms with Gasteiger partial charge >= 0.3 is 0 Å². The molecule has 0 saturated carbocycles. The van der Waals surface area contributed by atoms with Gasteiger partial charge in [0.2, 0.25) is 0 Å². The number of halogens is 3. The second-order valence-corrected chi connectivity index (χ2v) is 5.63. The SMILES string of the molecule is CC(=O)c1cc2c(c(-c3ccc(F)cc3)n1)OCC2(CF)CF. The van der Waals surface area contributed by atoms with Crippen LogP contribution in [-0.4, -0.2) is 30.7 Å². The number of rotatable bonds is 4. The molecule has 120 valence electrons. The lowest BCUT2D eigenvalue weighted by Crippen LogP contribution is -2.33. The van der Waals surface area contributed by atoms with Crippen molar-refractivity contribution < 1.29 is 22.7 Å². The Morgan fingerprint density at radius 3 is 2.48 bits per heavy atom. The number of ketones is 1. The minimum absolute atomic E-state index is 0.0971. The van der Waals surface area contributed by atoms with Crippen LogP contribution in [0.5, 0.6) is 5.75 Å². The molecule has 2 heterocycles. The number of alkyl halides is 2. The summed E-state index contributed by atoms with van der Waals surface area (Å²) < 4.78 is 45.6. The van der Waals surface area contributed by atoms with E-state index < -0.39 is 24.6 Å². The van der Waals surface area contributed by atoms with Crippen LogP contribution in [0.4, 0.5) is 13.2 Å². The first-order valence-corrected chi connectivity index (χ1v) is 7.08. The van der Waals surface area contributed by atoms with Crippen molar-refractivity contribution in [1.82, 2.24) is 4.98 Å². The van der Waals surface area contributed by atoms with Gasteiger partial charge in [0.1, 0.15) is 42.9 Å². The fraction of sp³-hybridized carbons (Fsp3) is 0.294. The highest BCUT2D eigenvalue weighted by Crippen LogP contribution is 2.45. The van der Waals surface area contributed by atoms with Crippen molar-refractivity contribution in [1.29, 1.82) is 0 Å². The molecule has 1 aliphatic heterocycles. The van der Waals surface area contributed by atoms with E-state index in [4.69, 9.17) is 4.74 Å². The van der Waals surface area contributed by atoms with Crippen LogP contribution < -0.4 is 4.74 Å². The third kappa shape index (κ3) is 2.48. The third-order valence-electron chi connectivity index (χ3n) is 4.03. The van der Waals surface area contributed by atoms with Crippen molar-refractivity contribution in [2.75, 3.05) is 20.0 Å². The minimum Gasteiger partial charge on any atom is -0.490 e. The van der Waals surface area contributed by atoms with Crippen LogP contribution in [0.3, 0.4) is 0 Å². The standard InChI is InChI=1S/C17H14F3NO2/c1-10(22)14-6-13-16(23-9-17(13,7-18)8-19)15(21-14)11-2-4-12(20)5-3-11/h2-6H,7-9H2,1H3. The van der Waals surface area contributed by atoms with Crippen LogP contribution in [0.15, 0.2) is 30.3 Å². The summed E-state index contributed by atoms with van der Waals surface area (Å²) in [6.07, 6.45) is 0. The van der Waals surface area contributed by atoms with E-state index >= 15 is 0 Å². The maximum absolute atomic E-state index is 13.5. The third-order valence-corrected chi connectivity index (χ3v) is 4.03. The van der Waals surface area contributed by atoms with Gasteiger partial charge in [-0.3, -0.25) is 4.79 Å². The molecule has 0 spiro atoms. The molecular formula is C17H14F3NO2. The quantitative estimate of drug-likeness (QED) is 0.807. The number of pyridine rings is 1. The topological polar surface area (TPSA) is 39.2 Å². The minimum atomic E-state index is -1.42. The van der Waals surface area contributed by atoms with Gasteiger partial charge in [0.25, 0.3) is 0 Å². The van der Waals surface area contributed by atoms with Crippen LogP contribution in [0.25, 0.3) is 11.3 Å². The smallest absolute Gasteiger partial charge is 0.178 e. The van der Waals surface area contributed by atoms with E-state index in [1.807, 2.05) is 0 Å². The lowest BCUT2D eigenvalue weighted by atomic mass is 9.84. The van der Waals surface area contributed by atoms with Crippen molar-refractivity contribution in [2.24, 2.45) is 0 Å². The van der Waals surface area contributed by atoms with Gasteiger partial charge in [-0.05, 0) is 30.3 Å². The summed E-state index contributed by atoms with van der Waals surface area (Å²) in [6, 6.07) is 6.84. The Balaban J connectivity index is 2.25. The van der Waals surface area contributed by atoms with Crippen molar-refractivity contribution >= 4 is 5.78 Å². The number of carbonyl (C=O) groups excluding carboxylic acids is 1. The van der Waals surface area contributed by atoms with Gasteiger partial charge in [-0.1, -0.05) is 0 Å². The number of aromatic nitrogens is 1. The van der Waals surface area contributed by atoms with Crippen LogP contribution in [0.2, 0.25) is 0 Å². The normalized spacial score (nSPS) is 15.1. The molecule has 0 bridgehead atoms. The summed E-state index contributed by atoms with van der Waals surface area (Å²) in [5, 5.41) is 0. The summed E-state index contributed by atoms with van der Waals surface area (Å²) >= 11 is 0. The van der Waals surface area contributed by atoms with E-state index in [9.17, 15) is 18.0 Å². The second kappa shape index (κ2) is 5.68. The van der Waals surface area contributed by atoms with Gasteiger partial charge in [-0.15, -0.1) is 0 Å². The molecule has 2 aromatic rings. The average molecular weight is 321 g/mol. The molecule has 0 unspecified atom stereocenters. The largest absolute Gasteiger partial charge is 0.490 e. The molecule has 0 amide bonds. The lowest BCUT2D eigenvalue weighted by Gasteiger charge is -2.20. The van der Waals surface area contributed by atoms with Crippen molar-refractivity contribution in [3.63, 3.8) is 0 Å². The molecule has 0 saturated heterocycles. The zero-order valence-electron chi connectivity index (χ0n) is 12.4. The molecule has 3 rings (SSSR count). The number of nitrogens with zero attached hydrogens (tertiary/aromatic N) is 1. The molecule has 0 fully saturated rings. The van der Waals surface area contributed by atoms with Gasteiger partial charge in [0.15, 0.2) is 5.78 Å². The summed E-state index contributed by atoms with van der Waals surface area (Å²) in [7, 11) is 0. The van der Waals surface area contributed by atoms with Crippen LogP contribution >= 0.6 is 0 Å². The highest BCUT2D eigenvalue weighted by atomic mass is 19.1. The zero-order valence-corrected chi connectivity index (χ0v) is 12.4. The van der Waals surface area contributed by atoms with E-state index in [1.165, 1.54) is 37.3 Å². The van der Waals surface area contributed by atoms with E-state index in [0.717, 1.165) is 0 Å². The van der Waals surface area contributed by atoms with Crippen LogP contribution in [0, 0.1) is 5.82 Å². The van der Waals surface area contributed by atoms with E-state index in [0.29, 0.717) is 11.1 Å². The molecular weight excluding hydrogens is 307 g/mol. The monoisotopic (exact) mass is 321 g/mol. The van der Waals surface area contributed by atoms with E-state index in [2.05, 4.69) is 4.98 Å². The Kier molecular flexibility index (Phi) is 3.83. The van der Waals surface area contributed by atoms with Gasteiger partial charge < -0.3 is 4.74 Å².